The summed E-state index contributed by atoms with van der Waals surface area (Å²) < 4.78 is 5.21. The summed E-state index contributed by atoms with van der Waals surface area (Å²) in [6, 6.07) is 12.9. The third kappa shape index (κ3) is 4.53. The highest BCUT2D eigenvalue weighted by Crippen LogP contribution is 2.30. The molecule has 124 valence electrons. The maximum absolute atomic E-state index is 12.3. The maximum atomic E-state index is 12.3. The van der Waals surface area contributed by atoms with E-state index in [9.17, 15) is 9.90 Å². The van der Waals surface area contributed by atoms with Crippen LogP contribution in [0, 0.1) is 19.3 Å². The number of rotatable bonds is 6. The molecule has 4 nitrogen and oxygen atoms in total. The topological polar surface area (TPSA) is 58.6 Å². The Morgan fingerprint density at radius 2 is 2.00 bits per heavy atom. The van der Waals surface area contributed by atoms with Crippen LogP contribution in [-0.2, 0) is 11.3 Å². The molecule has 2 N–H and O–H groups in total. The number of aromatic hydroxyl groups is 1. The lowest BCUT2D eigenvalue weighted by atomic mass is 9.99. The molecule has 1 amide bonds. The van der Waals surface area contributed by atoms with E-state index < -0.39 is 0 Å². The van der Waals surface area contributed by atoms with Crippen molar-refractivity contribution in [2.75, 3.05) is 6.61 Å². The minimum Gasteiger partial charge on any atom is -0.504 e. The Bertz CT molecular complexity index is 744. The van der Waals surface area contributed by atoms with Gasteiger partial charge in [-0.3, -0.25) is 4.79 Å². The van der Waals surface area contributed by atoms with E-state index in [4.69, 9.17) is 11.2 Å². The van der Waals surface area contributed by atoms with E-state index in [1.54, 1.807) is 19.1 Å². The summed E-state index contributed by atoms with van der Waals surface area (Å²) >= 11 is 0. The molecule has 0 aliphatic carbocycles. The van der Waals surface area contributed by atoms with Crippen LogP contribution in [0.2, 0.25) is 0 Å². The minimum absolute atomic E-state index is 0.0269. The second-order valence-corrected chi connectivity index (χ2v) is 5.65. The Kier molecular flexibility index (Phi) is 5.86. The van der Waals surface area contributed by atoms with Crippen LogP contribution < -0.4 is 10.1 Å². The fourth-order valence-electron chi connectivity index (χ4n) is 2.24. The Balaban J connectivity index is 1.98. The zero-order chi connectivity index (χ0) is 17.5. The van der Waals surface area contributed by atoms with E-state index >= 15 is 0 Å². The van der Waals surface area contributed by atoms with E-state index in [0.29, 0.717) is 17.9 Å². The quantitative estimate of drug-likeness (QED) is 0.803. The van der Waals surface area contributed by atoms with E-state index in [0.717, 1.165) is 5.56 Å². The van der Waals surface area contributed by atoms with Crippen molar-refractivity contribution in [3.05, 3.63) is 59.2 Å². The van der Waals surface area contributed by atoms with Gasteiger partial charge in [-0.2, -0.15) is 0 Å². The summed E-state index contributed by atoms with van der Waals surface area (Å²) in [6.45, 7) is 4.37. The first-order valence-corrected chi connectivity index (χ1v) is 7.73. The molecule has 2 aromatic rings. The van der Waals surface area contributed by atoms with Gasteiger partial charge in [-0.05, 0) is 37.1 Å². The van der Waals surface area contributed by atoms with Gasteiger partial charge in [0.05, 0.1) is 5.92 Å². The number of benzene rings is 2. The van der Waals surface area contributed by atoms with Crippen molar-refractivity contribution < 1.29 is 14.6 Å². The van der Waals surface area contributed by atoms with Gasteiger partial charge in [-0.1, -0.05) is 41.8 Å². The molecular formula is C20H21NO3. The van der Waals surface area contributed by atoms with Crippen LogP contribution in [0.15, 0.2) is 42.5 Å². The van der Waals surface area contributed by atoms with Crippen molar-refractivity contribution >= 4 is 5.91 Å². The summed E-state index contributed by atoms with van der Waals surface area (Å²) in [7, 11) is 0. The smallest absolute Gasteiger partial charge is 0.227 e. The molecule has 0 aliphatic heterocycles. The Labute approximate surface area is 142 Å². The first-order valence-electron chi connectivity index (χ1n) is 7.73. The average Bonchev–Trinajstić information content (AvgIpc) is 2.59. The predicted molar refractivity (Wildman–Crippen MR) is 93.9 cm³/mol. The van der Waals surface area contributed by atoms with Crippen LogP contribution in [-0.4, -0.2) is 17.6 Å². The van der Waals surface area contributed by atoms with Crippen molar-refractivity contribution in [3.8, 4) is 23.8 Å². The first kappa shape index (κ1) is 17.4. The van der Waals surface area contributed by atoms with Gasteiger partial charge < -0.3 is 15.2 Å². The monoisotopic (exact) mass is 323 g/mol. The number of amides is 1. The molecule has 24 heavy (non-hydrogen) atoms. The molecule has 1 atom stereocenters. The number of carbonyl (C=O) groups is 1. The number of carbonyl (C=O) groups excluding carboxylic acids is 1. The molecule has 0 bridgehead atoms. The summed E-state index contributed by atoms with van der Waals surface area (Å²) in [5, 5.41) is 12.9. The number of terminal acetylenes is 1. The van der Waals surface area contributed by atoms with Crippen molar-refractivity contribution in [3.63, 3.8) is 0 Å². The van der Waals surface area contributed by atoms with Crippen LogP contribution in [0.3, 0.4) is 0 Å². The molecule has 0 radical (unpaired) electrons. The van der Waals surface area contributed by atoms with Crippen molar-refractivity contribution in [1.82, 2.24) is 5.32 Å². The highest BCUT2D eigenvalue weighted by molar-refractivity contribution is 5.83. The molecule has 1 unspecified atom stereocenters. The normalized spacial score (nSPS) is 11.4. The number of hydrogen-bond acceptors (Lipinski definition) is 3. The number of aryl methyl sites for hydroxylation is 1. The lowest BCUT2D eigenvalue weighted by Crippen LogP contribution is -2.27. The molecule has 0 fully saturated rings. The number of ether oxygens (including phenoxy) is 1. The van der Waals surface area contributed by atoms with Crippen LogP contribution in [0.25, 0.3) is 0 Å². The molecular weight excluding hydrogens is 302 g/mol. The van der Waals surface area contributed by atoms with E-state index in [1.165, 1.54) is 11.6 Å². The molecule has 0 saturated carbocycles. The van der Waals surface area contributed by atoms with Crippen molar-refractivity contribution in [2.45, 2.75) is 26.3 Å². The predicted octanol–water partition coefficient (Wildman–Crippen LogP) is 3.13. The highest BCUT2D eigenvalue weighted by atomic mass is 16.5. The Hall–Kier alpha value is -2.93. The van der Waals surface area contributed by atoms with Crippen LogP contribution >= 0.6 is 0 Å². The van der Waals surface area contributed by atoms with Gasteiger partial charge in [0, 0.05) is 6.54 Å². The molecule has 2 rings (SSSR count). The van der Waals surface area contributed by atoms with E-state index in [2.05, 4.69) is 11.2 Å². The van der Waals surface area contributed by atoms with Crippen molar-refractivity contribution in [2.24, 2.45) is 0 Å². The minimum atomic E-state index is -0.386. The van der Waals surface area contributed by atoms with Gasteiger partial charge in [0.1, 0.15) is 6.61 Å². The zero-order valence-electron chi connectivity index (χ0n) is 13.9. The summed E-state index contributed by atoms with van der Waals surface area (Å²) in [5.41, 5.74) is 2.94. The van der Waals surface area contributed by atoms with Crippen molar-refractivity contribution in [1.29, 1.82) is 0 Å². The van der Waals surface area contributed by atoms with Crippen LogP contribution in [0.4, 0.5) is 0 Å². The number of phenols is 1. The number of nitrogens with one attached hydrogen (secondary N) is 1. The number of hydrogen-bond donors (Lipinski definition) is 2. The molecule has 0 aromatic heterocycles. The van der Waals surface area contributed by atoms with Gasteiger partial charge in [-0.25, -0.2) is 0 Å². The van der Waals surface area contributed by atoms with E-state index in [-0.39, 0.29) is 24.2 Å². The summed E-state index contributed by atoms with van der Waals surface area (Å²) in [5.74, 6) is 2.13. The Morgan fingerprint density at radius 3 is 2.62 bits per heavy atom. The van der Waals surface area contributed by atoms with Crippen LogP contribution in [0.1, 0.15) is 29.5 Å². The molecule has 0 spiro atoms. The lowest BCUT2D eigenvalue weighted by Gasteiger charge is -2.14. The number of phenolic OH excluding ortho intramolecular Hbond substituents is 1. The Morgan fingerprint density at radius 1 is 1.29 bits per heavy atom. The fourth-order valence-corrected chi connectivity index (χ4v) is 2.24. The first-order chi connectivity index (χ1) is 11.5. The molecule has 2 aromatic carbocycles. The van der Waals surface area contributed by atoms with Gasteiger partial charge in [0.2, 0.25) is 5.91 Å². The maximum Gasteiger partial charge on any atom is 0.227 e. The third-order valence-electron chi connectivity index (χ3n) is 3.77. The van der Waals surface area contributed by atoms with Gasteiger partial charge in [-0.15, -0.1) is 6.42 Å². The second kappa shape index (κ2) is 8.07. The zero-order valence-corrected chi connectivity index (χ0v) is 13.9. The standard InChI is InChI=1S/C20H21NO3/c1-4-11-24-19-10-9-17(12-18(19)22)15(3)20(23)21-13-16-7-5-14(2)6-8-16/h1,5-10,12,15,22H,11,13H2,2-3H3,(H,21,23). The lowest BCUT2D eigenvalue weighted by molar-refractivity contribution is -0.122. The SMILES string of the molecule is C#CCOc1ccc(C(C)C(=O)NCc2ccc(C)cc2)cc1O. The largest absolute Gasteiger partial charge is 0.504 e. The third-order valence-corrected chi connectivity index (χ3v) is 3.77. The fraction of sp³-hybridized carbons (Fsp3) is 0.250. The van der Waals surface area contributed by atoms with Gasteiger partial charge >= 0.3 is 0 Å². The molecule has 0 heterocycles. The molecule has 0 aliphatic rings. The van der Waals surface area contributed by atoms with Gasteiger partial charge in [0.15, 0.2) is 11.5 Å². The summed E-state index contributed by atoms with van der Waals surface area (Å²) in [4.78, 5) is 12.3. The average molecular weight is 323 g/mol. The highest BCUT2D eigenvalue weighted by Gasteiger charge is 2.16. The summed E-state index contributed by atoms with van der Waals surface area (Å²) in [6.07, 6.45) is 5.12. The van der Waals surface area contributed by atoms with E-state index in [1.807, 2.05) is 31.2 Å². The molecule has 0 saturated heterocycles. The van der Waals surface area contributed by atoms with Gasteiger partial charge in [0.25, 0.3) is 0 Å². The second-order valence-electron chi connectivity index (χ2n) is 5.65. The molecule has 4 heteroatoms. The van der Waals surface area contributed by atoms with Crippen LogP contribution in [0.5, 0.6) is 11.5 Å².